The summed E-state index contributed by atoms with van der Waals surface area (Å²) in [4.78, 5) is 42.3. The second kappa shape index (κ2) is 26.3. The molecule has 0 aromatic carbocycles. The molecule has 31 heavy (non-hydrogen) atoms. The van der Waals surface area contributed by atoms with Gasteiger partial charge in [0.1, 0.15) is 11.6 Å². The minimum Gasteiger partial charge on any atom is -0.356 e. The molecule has 6 heteroatoms. The number of carbonyl (C=O) groups is 4. The largest absolute Gasteiger partial charge is 0.356 e. The van der Waals surface area contributed by atoms with Gasteiger partial charge < -0.3 is 10.6 Å². The Hall–Kier alpha value is -1.72. The summed E-state index contributed by atoms with van der Waals surface area (Å²) in [5, 5.41) is 5.41. The Morgan fingerprint density at radius 2 is 0.742 bits per heavy atom. The quantitative estimate of drug-likeness (QED) is 0.519. The highest BCUT2D eigenvalue weighted by atomic mass is 16.2. The summed E-state index contributed by atoms with van der Waals surface area (Å²) in [6.45, 7) is 24.3. The Morgan fingerprint density at radius 1 is 0.516 bits per heavy atom. The molecule has 0 aromatic rings. The lowest BCUT2D eigenvalue weighted by atomic mass is 10.1. The summed E-state index contributed by atoms with van der Waals surface area (Å²) in [7, 11) is 0. The van der Waals surface area contributed by atoms with Crippen molar-refractivity contribution < 1.29 is 19.2 Å². The fourth-order valence-corrected chi connectivity index (χ4v) is 1.57. The van der Waals surface area contributed by atoms with Gasteiger partial charge in [0.2, 0.25) is 11.8 Å². The highest BCUT2D eigenvalue weighted by Crippen LogP contribution is 1.96. The Kier molecular flexibility index (Phi) is 33.7. The number of carbonyl (C=O) groups excluding carboxylic acids is 4. The van der Waals surface area contributed by atoms with Gasteiger partial charge in [0.25, 0.3) is 0 Å². The first-order valence-corrected chi connectivity index (χ1v) is 11.3. The maximum Gasteiger partial charge on any atom is 0.222 e. The lowest BCUT2D eigenvalue weighted by Crippen LogP contribution is -2.26. The second-order valence-corrected chi connectivity index (χ2v) is 8.05. The van der Waals surface area contributed by atoms with Crippen molar-refractivity contribution in [3.05, 3.63) is 0 Å². The molecular formula is C25H54N2O4. The molecule has 0 rings (SSSR count). The molecule has 0 aliphatic rings. The predicted octanol–water partition coefficient (Wildman–Crippen LogP) is 5.44. The van der Waals surface area contributed by atoms with E-state index in [1.165, 1.54) is 0 Å². The van der Waals surface area contributed by atoms with Gasteiger partial charge in [0.15, 0.2) is 0 Å². The average Bonchev–Trinajstić information content (AvgIpc) is 2.68. The van der Waals surface area contributed by atoms with E-state index in [-0.39, 0.29) is 42.9 Å². The first-order chi connectivity index (χ1) is 13.7. The number of nitrogens with one attached hydrogen (secondary N) is 2. The third-order valence-electron chi connectivity index (χ3n) is 3.74. The smallest absolute Gasteiger partial charge is 0.222 e. The van der Waals surface area contributed by atoms with Crippen molar-refractivity contribution in [2.24, 2.45) is 23.7 Å². The van der Waals surface area contributed by atoms with Crippen LogP contribution in [0.5, 0.6) is 0 Å². The number of amides is 2. The number of Topliss-reactive ketones (excluding diaryl/α,β-unsaturated/α-hetero) is 2. The van der Waals surface area contributed by atoms with Crippen LogP contribution >= 0.6 is 0 Å². The Morgan fingerprint density at radius 3 is 0.774 bits per heavy atom. The van der Waals surface area contributed by atoms with E-state index in [2.05, 4.69) is 10.6 Å². The van der Waals surface area contributed by atoms with Crippen molar-refractivity contribution >= 4 is 23.4 Å². The SMILES string of the molecule is C.CCC(=O)C(C)C.CCC(=O)C(C)C.CCNC(=O)C(C)C.CCNC(=O)C(C)C. The van der Waals surface area contributed by atoms with Crippen LogP contribution in [0, 0.1) is 23.7 Å². The van der Waals surface area contributed by atoms with Gasteiger partial charge in [-0.05, 0) is 13.8 Å². The molecule has 0 bridgehead atoms. The van der Waals surface area contributed by atoms with Crippen LogP contribution in [0.25, 0.3) is 0 Å². The van der Waals surface area contributed by atoms with E-state index >= 15 is 0 Å². The van der Waals surface area contributed by atoms with Gasteiger partial charge in [-0.15, -0.1) is 0 Å². The minimum atomic E-state index is 0. The first kappa shape index (κ1) is 39.7. The predicted molar refractivity (Wildman–Crippen MR) is 134 cm³/mol. The topological polar surface area (TPSA) is 92.3 Å². The van der Waals surface area contributed by atoms with Crippen LogP contribution in [0.15, 0.2) is 0 Å². The van der Waals surface area contributed by atoms with Gasteiger partial charge in [0.05, 0.1) is 0 Å². The van der Waals surface area contributed by atoms with Crippen molar-refractivity contribution in [1.82, 2.24) is 10.6 Å². The van der Waals surface area contributed by atoms with Crippen LogP contribution in [0.1, 0.15) is 103 Å². The van der Waals surface area contributed by atoms with Crippen molar-refractivity contribution in [2.45, 2.75) is 103 Å². The Labute approximate surface area is 193 Å². The molecule has 6 nitrogen and oxygen atoms in total. The lowest BCUT2D eigenvalue weighted by Gasteiger charge is -2.02. The van der Waals surface area contributed by atoms with Crippen molar-refractivity contribution in [3.63, 3.8) is 0 Å². The van der Waals surface area contributed by atoms with E-state index in [1.54, 1.807) is 0 Å². The molecule has 0 aromatic heterocycles. The molecule has 0 aliphatic heterocycles. The van der Waals surface area contributed by atoms with Gasteiger partial charge in [-0.3, -0.25) is 19.2 Å². The summed E-state index contributed by atoms with van der Waals surface area (Å²) in [5.41, 5.74) is 0. The minimum absolute atomic E-state index is 0. The summed E-state index contributed by atoms with van der Waals surface area (Å²) in [6.07, 6.45) is 1.36. The summed E-state index contributed by atoms with van der Waals surface area (Å²) in [6, 6.07) is 0. The first-order valence-electron chi connectivity index (χ1n) is 11.3. The van der Waals surface area contributed by atoms with Crippen LogP contribution in [0.4, 0.5) is 0 Å². The van der Waals surface area contributed by atoms with Crippen molar-refractivity contribution in [2.75, 3.05) is 13.1 Å². The molecule has 0 saturated carbocycles. The van der Waals surface area contributed by atoms with Gasteiger partial charge in [0, 0.05) is 49.6 Å². The number of hydrogen-bond acceptors (Lipinski definition) is 4. The molecule has 0 fully saturated rings. The lowest BCUT2D eigenvalue weighted by molar-refractivity contribution is -0.124. The molecule has 0 aliphatic carbocycles. The maximum atomic E-state index is 10.6. The third kappa shape index (κ3) is 33.1. The molecule has 0 radical (unpaired) electrons. The molecular weight excluding hydrogens is 392 g/mol. The van der Waals surface area contributed by atoms with Crippen LogP contribution in [0.2, 0.25) is 0 Å². The summed E-state index contributed by atoms with van der Waals surface area (Å²) >= 11 is 0. The normalized spacial score (nSPS) is 9.29. The Balaban J connectivity index is -0.0000000961. The molecule has 2 amide bonds. The second-order valence-electron chi connectivity index (χ2n) is 8.05. The van der Waals surface area contributed by atoms with Crippen LogP contribution in [0.3, 0.4) is 0 Å². The number of ketones is 2. The van der Waals surface area contributed by atoms with Crippen molar-refractivity contribution in [3.8, 4) is 0 Å². The zero-order valence-corrected chi connectivity index (χ0v) is 21.8. The number of rotatable bonds is 8. The molecule has 0 heterocycles. The van der Waals surface area contributed by atoms with E-state index in [9.17, 15) is 19.2 Å². The molecule has 0 unspecified atom stereocenters. The van der Waals surface area contributed by atoms with Gasteiger partial charge in [-0.2, -0.15) is 0 Å². The van der Waals surface area contributed by atoms with E-state index in [4.69, 9.17) is 0 Å². The molecule has 0 spiro atoms. The highest BCUT2D eigenvalue weighted by molar-refractivity contribution is 5.80. The van der Waals surface area contributed by atoms with E-state index in [1.807, 2.05) is 83.1 Å². The maximum absolute atomic E-state index is 10.6. The zero-order chi connectivity index (χ0) is 24.9. The number of hydrogen-bond donors (Lipinski definition) is 2. The molecule has 0 atom stereocenters. The fraction of sp³-hybridized carbons (Fsp3) is 0.840. The molecule has 2 N–H and O–H groups in total. The van der Waals surface area contributed by atoms with E-state index < -0.39 is 0 Å². The Bertz CT molecular complexity index is 414. The van der Waals surface area contributed by atoms with Crippen molar-refractivity contribution in [1.29, 1.82) is 0 Å². The fourth-order valence-electron chi connectivity index (χ4n) is 1.57. The zero-order valence-electron chi connectivity index (χ0n) is 21.8. The van der Waals surface area contributed by atoms with Crippen LogP contribution in [-0.4, -0.2) is 36.5 Å². The monoisotopic (exact) mass is 446 g/mol. The highest BCUT2D eigenvalue weighted by Gasteiger charge is 2.03. The standard InChI is InChI=1S/2C6H13NO.2C6H12O.CH4/c2*1-4-7-6(8)5(2)3;2*1-4-6(7)5(2)3;/h2*5H,4H2,1-3H3,(H,7,8);2*5H,4H2,1-3H3;1H4. The van der Waals surface area contributed by atoms with Gasteiger partial charge in [-0.25, -0.2) is 0 Å². The summed E-state index contributed by atoms with van der Waals surface area (Å²) in [5.74, 6) is 1.65. The third-order valence-corrected chi connectivity index (χ3v) is 3.74. The summed E-state index contributed by atoms with van der Waals surface area (Å²) < 4.78 is 0. The molecule has 188 valence electrons. The average molecular weight is 447 g/mol. The van der Waals surface area contributed by atoms with Gasteiger partial charge in [-0.1, -0.05) is 76.7 Å². The molecule has 0 saturated heterocycles. The van der Waals surface area contributed by atoms with Gasteiger partial charge >= 0.3 is 0 Å². The van der Waals surface area contributed by atoms with Crippen LogP contribution in [-0.2, 0) is 19.2 Å². The van der Waals surface area contributed by atoms with E-state index in [0.717, 1.165) is 13.1 Å². The van der Waals surface area contributed by atoms with Crippen LogP contribution < -0.4 is 10.6 Å². The van der Waals surface area contributed by atoms with E-state index in [0.29, 0.717) is 24.4 Å².